The first-order valence-electron chi connectivity index (χ1n) is 24.2. The predicted octanol–water partition coefficient (Wildman–Crippen LogP) is -6.10. The molecule has 29 heteroatoms. The Labute approximate surface area is 425 Å². The van der Waals surface area contributed by atoms with Gasteiger partial charge in [0.25, 0.3) is 0 Å². The Morgan fingerprint density at radius 2 is 0.904 bits per heavy atom. The predicted molar refractivity (Wildman–Crippen MR) is 270 cm³/mol. The maximum Gasteiger partial charge on any atom is 0.326 e. The minimum Gasteiger partial charge on any atom is -0.480 e. The van der Waals surface area contributed by atoms with Crippen molar-refractivity contribution in [3.05, 3.63) is 0 Å². The Balaban J connectivity index is 6.60. The van der Waals surface area contributed by atoms with E-state index in [-0.39, 0.29) is 94.8 Å². The highest BCUT2D eigenvalue weighted by Crippen LogP contribution is 2.11. The molecule has 0 aliphatic heterocycles. The van der Waals surface area contributed by atoms with Crippen LogP contribution in [0.1, 0.15) is 112 Å². The molecule has 9 amide bonds. The van der Waals surface area contributed by atoms with Gasteiger partial charge >= 0.3 is 5.97 Å². The molecular weight excluding hydrogens is 959 g/mol. The second-order valence-corrected chi connectivity index (χ2v) is 18.4. The van der Waals surface area contributed by atoms with E-state index in [4.69, 9.17) is 40.1 Å². The number of aliphatic hydroxyl groups is 1. The van der Waals surface area contributed by atoms with Crippen LogP contribution >= 0.6 is 0 Å². The van der Waals surface area contributed by atoms with Crippen LogP contribution < -0.4 is 82.7 Å². The lowest BCUT2D eigenvalue weighted by molar-refractivity contribution is -0.143. The molecule has 0 aromatic carbocycles. The molecule has 0 unspecified atom stereocenters. The van der Waals surface area contributed by atoms with E-state index >= 15 is 0 Å². The van der Waals surface area contributed by atoms with Gasteiger partial charge in [-0.1, -0.05) is 27.7 Å². The lowest BCUT2D eigenvalue weighted by Crippen LogP contribution is -2.60. The van der Waals surface area contributed by atoms with Crippen LogP contribution in [0, 0.1) is 11.8 Å². The molecule has 0 aliphatic rings. The molecule has 24 N–H and O–H groups in total. The van der Waals surface area contributed by atoms with Gasteiger partial charge in [0.05, 0.1) is 18.7 Å². The van der Waals surface area contributed by atoms with E-state index in [2.05, 4.69) is 52.5 Å². The van der Waals surface area contributed by atoms with Crippen LogP contribution in [0.3, 0.4) is 0 Å². The van der Waals surface area contributed by atoms with E-state index < -0.39 is 127 Å². The van der Waals surface area contributed by atoms with Crippen LogP contribution in [-0.2, 0) is 47.9 Å². The van der Waals surface area contributed by atoms with Crippen molar-refractivity contribution in [2.75, 3.05) is 26.2 Å². The summed E-state index contributed by atoms with van der Waals surface area (Å²) >= 11 is 0. The van der Waals surface area contributed by atoms with Gasteiger partial charge < -0.3 is 92.9 Å². The van der Waals surface area contributed by atoms with Gasteiger partial charge in [0, 0.05) is 19.5 Å². The topological polar surface area (TPSA) is 514 Å². The number of aliphatic imine (C=N–C) groups is 2. The third-order valence-electron chi connectivity index (χ3n) is 10.6. The third kappa shape index (κ3) is 29.3. The minimum absolute atomic E-state index is 0.00211. The number of guanidine groups is 2. The Kier molecular flexibility index (Phi) is 32.0. The first kappa shape index (κ1) is 66.1. The van der Waals surface area contributed by atoms with Crippen molar-refractivity contribution in [2.24, 2.45) is 62.0 Å². The third-order valence-corrected chi connectivity index (χ3v) is 10.6. The van der Waals surface area contributed by atoms with Crippen molar-refractivity contribution in [1.82, 2.24) is 42.5 Å². The zero-order valence-electron chi connectivity index (χ0n) is 42.9. The zero-order chi connectivity index (χ0) is 56.0. The van der Waals surface area contributed by atoms with E-state index in [1.54, 1.807) is 13.8 Å². The molecule has 0 rings (SSSR count). The number of nitrogens with zero attached hydrogens (tertiary/aromatic N) is 2. The van der Waals surface area contributed by atoms with Crippen molar-refractivity contribution < 1.29 is 58.2 Å². The van der Waals surface area contributed by atoms with Crippen LogP contribution in [-0.4, -0.2) is 162 Å². The highest BCUT2D eigenvalue weighted by Gasteiger charge is 2.34. The van der Waals surface area contributed by atoms with E-state index in [1.807, 2.05) is 13.8 Å². The number of rotatable bonds is 37. The molecule has 73 heavy (non-hydrogen) atoms. The molecular formula is C44H83N17O12. The molecule has 9 atom stereocenters. The summed E-state index contributed by atoms with van der Waals surface area (Å²) in [5.41, 5.74) is 38.5. The number of hydrogen-bond acceptors (Lipinski definition) is 15. The minimum atomic E-state index is -1.67. The molecule has 0 aliphatic carbocycles. The normalized spacial score (nSPS) is 14.7. The largest absolute Gasteiger partial charge is 0.480 e. The second kappa shape index (κ2) is 35.3. The first-order valence-corrected chi connectivity index (χ1v) is 24.2. The second-order valence-electron chi connectivity index (χ2n) is 18.4. The van der Waals surface area contributed by atoms with Crippen molar-refractivity contribution in [3.8, 4) is 0 Å². The summed E-state index contributed by atoms with van der Waals surface area (Å²) in [4.78, 5) is 139. The summed E-state index contributed by atoms with van der Waals surface area (Å²) < 4.78 is 0. The number of carboxylic acid groups (broad SMARTS) is 1. The van der Waals surface area contributed by atoms with E-state index in [0.717, 1.165) is 0 Å². The zero-order valence-corrected chi connectivity index (χ0v) is 42.9. The smallest absolute Gasteiger partial charge is 0.326 e. The number of aliphatic carboxylic acids is 1. The molecule has 0 aromatic rings. The van der Waals surface area contributed by atoms with Crippen LogP contribution in [0.4, 0.5) is 0 Å². The maximum atomic E-state index is 14.0. The van der Waals surface area contributed by atoms with E-state index in [0.29, 0.717) is 12.8 Å². The number of nitrogens with one attached hydrogen (secondary N) is 8. The quantitative estimate of drug-likeness (QED) is 0.0156. The molecule has 0 fully saturated rings. The summed E-state index contributed by atoms with van der Waals surface area (Å²) in [5, 5.41) is 39.8. The van der Waals surface area contributed by atoms with Gasteiger partial charge in [0.2, 0.25) is 53.2 Å². The number of carbonyl (C=O) groups excluding carboxylic acids is 9. The van der Waals surface area contributed by atoms with Crippen LogP contribution in [0.2, 0.25) is 0 Å². The number of aliphatic hydroxyl groups excluding tert-OH is 1. The molecule has 0 spiro atoms. The summed E-state index contributed by atoms with van der Waals surface area (Å²) in [5.74, 6) is -9.89. The average molecular weight is 1040 g/mol. The number of amides is 9. The van der Waals surface area contributed by atoms with E-state index in [9.17, 15) is 58.2 Å². The number of carbonyl (C=O) groups is 10. The standard InChI is InChI=1S/C44H83N17O12/c1-22(2)19-30(59-35(65)24(5)46)40(70)57-27(11-7-8-16-45)37(67)56-28(13-10-18-53-44(50)51)38(68)58-29(14-15-32(47)63)36(66)54-21-33(64)55-26(12-9-17-52-43(48)49)39(69)61-34(25(6)62)41(71)60-31(42(72)73)20-23(3)4/h22-31,34,62H,7-21,45-46H2,1-6H3,(H2,47,63)(H,54,66)(H,55,64)(H,56,67)(H,57,70)(H,58,68)(H,59,65)(H,60,71)(H,61,69)(H,72,73)(H4,48,49,52)(H4,50,51,53)/t24-,25+,26-,27-,28-,29-,30-,31-,34-/m0/s1. The average Bonchev–Trinajstić information content (AvgIpc) is 3.28. The van der Waals surface area contributed by atoms with Crippen LogP contribution in [0.5, 0.6) is 0 Å². The summed E-state index contributed by atoms with van der Waals surface area (Å²) in [6.45, 7) is 9.22. The lowest BCUT2D eigenvalue weighted by Gasteiger charge is -2.27. The first-order chi connectivity index (χ1) is 34.1. The van der Waals surface area contributed by atoms with Crippen molar-refractivity contribution in [1.29, 1.82) is 0 Å². The fourth-order valence-electron chi connectivity index (χ4n) is 6.83. The molecule has 0 saturated carbocycles. The lowest BCUT2D eigenvalue weighted by atomic mass is 10.0. The SMILES string of the molecule is CC(C)C[C@H](NC(=O)[C@@H](NC(=O)[C@H](CCCN=C(N)N)NC(=O)CNC(=O)[C@H](CCC(N)=O)NC(=O)[C@H](CCCN=C(N)N)NC(=O)[C@H](CCCCN)NC(=O)[C@H](CC(C)C)NC(=O)[C@H](C)N)[C@@H](C)O)C(=O)O. The van der Waals surface area contributed by atoms with Gasteiger partial charge in [-0.2, -0.15) is 0 Å². The highest BCUT2D eigenvalue weighted by atomic mass is 16.4. The molecule has 0 radical (unpaired) electrons. The van der Waals surface area contributed by atoms with Gasteiger partial charge in [0.15, 0.2) is 11.9 Å². The molecule has 416 valence electrons. The van der Waals surface area contributed by atoms with Crippen molar-refractivity contribution in [2.45, 2.75) is 167 Å². The summed E-state index contributed by atoms with van der Waals surface area (Å²) in [7, 11) is 0. The molecule has 0 saturated heterocycles. The number of unbranched alkanes of at least 4 members (excludes halogenated alkanes) is 1. The summed E-state index contributed by atoms with van der Waals surface area (Å²) in [6.07, 6.45) is -1.25. The number of carboxylic acids is 1. The van der Waals surface area contributed by atoms with Gasteiger partial charge in [-0.05, 0) is 96.4 Å². The Morgan fingerprint density at radius 3 is 1.33 bits per heavy atom. The van der Waals surface area contributed by atoms with E-state index in [1.165, 1.54) is 13.8 Å². The fourth-order valence-corrected chi connectivity index (χ4v) is 6.83. The molecule has 0 heterocycles. The number of hydrogen-bond donors (Lipinski definition) is 17. The van der Waals surface area contributed by atoms with Gasteiger partial charge in [-0.15, -0.1) is 0 Å². The highest BCUT2D eigenvalue weighted by molar-refractivity contribution is 5.97. The molecule has 29 nitrogen and oxygen atoms in total. The Hall–Kier alpha value is -6.88. The summed E-state index contributed by atoms with van der Waals surface area (Å²) in [6, 6.07) is -10.7. The Bertz CT molecular complexity index is 1890. The molecule has 0 aromatic heterocycles. The van der Waals surface area contributed by atoms with Gasteiger partial charge in [-0.25, -0.2) is 4.79 Å². The number of nitrogens with two attached hydrogens (primary N) is 7. The maximum absolute atomic E-state index is 14.0. The van der Waals surface area contributed by atoms with Gasteiger partial charge in [0.1, 0.15) is 42.3 Å². The Morgan fingerprint density at radius 1 is 0.493 bits per heavy atom. The van der Waals surface area contributed by atoms with Crippen LogP contribution in [0.25, 0.3) is 0 Å². The fraction of sp³-hybridized carbons (Fsp3) is 0.727. The van der Waals surface area contributed by atoms with Crippen molar-refractivity contribution >= 4 is 71.1 Å². The van der Waals surface area contributed by atoms with Crippen molar-refractivity contribution in [3.63, 3.8) is 0 Å². The van der Waals surface area contributed by atoms with Crippen LogP contribution in [0.15, 0.2) is 9.98 Å². The van der Waals surface area contributed by atoms with Gasteiger partial charge in [-0.3, -0.25) is 53.1 Å². The monoisotopic (exact) mass is 1040 g/mol. The molecule has 0 bridgehead atoms. The number of primary amides is 1.